The van der Waals surface area contributed by atoms with Gasteiger partial charge < -0.3 is 15.6 Å². The van der Waals surface area contributed by atoms with Crippen molar-refractivity contribution in [3.63, 3.8) is 0 Å². The summed E-state index contributed by atoms with van der Waals surface area (Å²) in [6.07, 6.45) is 4.91. The molecule has 0 radical (unpaired) electrons. The van der Waals surface area contributed by atoms with Crippen LogP contribution in [0.4, 0.5) is 11.8 Å². The first-order chi connectivity index (χ1) is 20.4. The van der Waals surface area contributed by atoms with Crippen LogP contribution in [0.2, 0.25) is 5.02 Å². The highest BCUT2D eigenvalue weighted by Gasteiger charge is 2.26. The van der Waals surface area contributed by atoms with E-state index in [1.807, 2.05) is 65.8 Å². The second-order valence-electron chi connectivity index (χ2n) is 10.2. The maximum absolute atomic E-state index is 13.8. The van der Waals surface area contributed by atoms with Crippen molar-refractivity contribution in [2.45, 2.75) is 37.1 Å². The molecule has 2 atom stereocenters. The molecule has 3 aromatic carbocycles. The first-order valence-electron chi connectivity index (χ1n) is 13.8. The van der Waals surface area contributed by atoms with Crippen LogP contribution in [0.3, 0.4) is 0 Å². The number of nitrogen functional groups attached to an aromatic ring is 1. The summed E-state index contributed by atoms with van der Waals surface area (Å²) in [5.41, 5.74) is 8.41. The summed E-state index contributed by atoms with van der Waals surface area (Å²) in [4.78, 5) is 28.2. The van der Waals surface area contributed by atoms with Gasteiger partial charge in [-0.05, 0) is 55.7 Å². The third kappa shape index (κ3) is 5.58. The van der Waals surface area contributed by atoms with E-state index in [-0.39, 0.29) is 11.5 Å². The van der Waals surface area contributed by atoms with E-state index in [0.29, 0.717) is 38.8 Å². The molecular formula is C31H30ClN7O2S. The van der Waals surface area contributed by atoms with Crippen LogP contribution in [-0.4, -0.2) is 41.5 Å². The Balaban J connectivity index is 1.41. The molecule has 0 bridgehead atoms. The van der Waals surface area contributed by atoms with Gasteiger partial charge in [-0.1, -0.05) is 54.4 Å². The Morgan fingerprint density at radius 2 is 1.76 bits per heavy atom. The summed E-state index contributed by atoms with van der Waals surface area (Å²) < 4.78 is 16.9. The van der Waals surface area contributed by atoms with E-state index in [9.17, 15) is 9.35 Å². The quantitative estimate of drug-likeness (QED) is 0.226. The van der Waals surface area contributed by atoms with Crippen molar-refractivity contribution in [1.82, 2.24) is 23.8 Å². The van der Waals surface area contributed by atoms with Gasteiger partial charge >= 0.3 is 0 Å². The predicted molar refractivity (Wildman–Crippen MR) is 168 cm³/mol. The number of fused-ring (bicyclic) bond motifs is 1. The van der Waals surface area contributed by atoms with Gasteiger partial charge in [-0.2, -0.15) is 4.98 Å². The number of halogens is 1. The molecule has 1 unspecified atom stereocenters. The Morgan fingerprint density at radius 3 is 2.55 bits per heavy atom. The number of piperidine rings is 1. The predicted octanol–water partition coefficient (Wildman–Crippen LogP) is 5.76. The van der Waals surface area contributed by atoms with Crippen LogP contribution in [-0.2, 0) is 11.4 Å². The number of rotatable bonds is 7. The SMILES string of the molecule is C[C@H](Nc1nc(N)ncc1-c1cccc([S+]([O-])N2CCCCC2)c1)c1nc2cccc(Cl)c2c(=O)n1-c1ccccc1. The van der Waals surface area contributed by atoms with E-state index in [2.05, 4.69) is 15.3 Å². The fourth-order valence-electron chi connectivity index (χ4n) is 5.26. The molecule has 3 N–H and O–H groups in total. The van der Waals surface area contributed by atoms with Gasteiger partial charge in [0.1, 0.15) is 11.6 Å². The zero-order valence-electron chi connectivity index (χ0n) is 23.0. The summed E-state index contributed by atoms with van der Waals surface area (Å²) in [5.74, 6) is 1.04. The minimum atomic E-state index is -1.26. The lowest BCUT2D eigenvalue weighted by Crippen LogP contribution is -2.35. The molecule has 42 heavy (non-hydrogen) atoms. The van der Waals surface area contributed by atoms with E-state index < -0.39 is 17.4 Å². The van der Waals surface area contributed by atoms with Crippen LogP contribution >= 0.6 is 11.6 Å². The fraction of sp³-hybridized carbons (Fsp3) is 0.226. The highest BCUT2D eigenvalue weighted by Crippen LogP contribution is 2.32. The number of nitrogens with two attached hydrogens (primary N) is 1. The highest BCUT2D eigenvalue weighted by molar-refractivity contribution is 7.89. The molecule has 3 heterocycles. The van der Waals surface area contributed by atoms with E-state index in [4.69, 9.17) is 22.3 Å². The molecule has 6 rings (SSSR count). The van der Waals surface area contributed by atoms with Crippen molar-refractivity contribution >= 4 is 45.6 Å². The zero-order chi connectivity index (χ0) is 29.2. The minimum Gasteiger partial charge on any atom is -0.593 e. The van der Waals surface area contributed by atoms with Gasteiger partial charge in [0.15, 0.2) is 4.90 Å². The number of nitrogens with zero attached hydrogens (tertiary/aromatic N) is 5. The van der Waals surface area contributed by atoms with Crippen molar-refractivity contribution in [2.75, 3.05) is 24.1 Å². The standard InChI is InChI=1S/C31H30ClN7O2S/c1-20(29-36-26-15-9-14-25(32)27(26)30(40)39(29)22-11-4-2-5-12-22)35-28-24(19-34-31(33)37-28)21-10-8-13-23(18-21)42(41)38-16-6-3-7-17-38/h2,4-5,8-15,18-20H,3,6-7,16-17H2,1H3,(H3,33,34,35,37)/t20-,42?/m0/s1. The van der Waals surface area contributed by atoms with Gasteiger partial charge in [0, 0.05) is 30.9 Å². The van der Waals surface area contributed by atoms with Gasteiger partial charge in [-0.15, -0.1) is 4.31 Å². The molecule has 214 valence electrons. The summed E-state index contributed by atoms with van der Waals surface area (Å²) in [7, 11) is 0. The number of anilines is 2. The average Bonchev–Trinajstić information content (AvgIpc) is 3.01. The van der Waals surface area contributed by atoms with Crippen LogP contribution in [0.15, 0.2) is 88.7 Å². The average molecular weight is 600 g/mol. The van der Waals surface area contributed by atoms with Gasteiger partial charge in [0.05, 0.1) is 39.0 Å². The summed E-state index contributed by atoms with van der Waals surface area (Å²) >= 11 is 5.19. The molecule has 0 aliphatic carbocycles. The van der Waals surface area contributed by atoms with Crippen molar-refractivity contribution in [3.8, 4) is 16.8 Å². The van der Waals surface area contributed by atoms with Crippen LogP contribution in [0.5, 0.6) is 0 Å². The minimum absolute atomic E-state index is 0.0974. The molecule has 11 heteroatoms. The lowest BCUT2D eigenvalue weighted by Gasteiger charge is -2.27. The Morgan fingerprint density at radius 1 is 1.00 bits per heavy atom. The number of aromatic nitrogens is 4. The zero-order valence-corrected chi connectivity index (χ0v) is 24.6. The summed E-state index contributed by atoms with van der Waals surface area (Å²) in [6.45, 7) is 3.54. The Labute approximate surface area is 251 Å². The summed E-state index contributed by atoms with van der Waals surface area (Å²) in [5, 5.41) is 4.12. The lowest BCUT2D eigenvalue weighted by molar-refractivity contribution is 0.346. The molecule has 2 aromatic heterocycles. The maximum atomic E-state index is 13.8. The topological polar surface area (TPSA) is 125 Å². The molecule has 1 aliphatic rings. The Hall–Kier alpha value is -3.96. The number of hydrogen-bond acceptors (Lipinski definition) is 8. The van der Waals surface area contributed by atoms with E-state index in [1.165, 1.54) is 6.42 Å². The van der Waals surface area contributed by atoms with Gasteiger partial charge in [0.2, 0.25) is 5.95 Å². The van der Waals surface area contributed by atoms with Gasteiger partial charge in [-0.3, -0.25) is 9.36 Å². The lowest BCUT2D eigenvalue weighted by atomic mass is 10.1. The third-order valence-electron chi connectivity index (χ3n) is 7.33. The largest absolute Gasteiger partial charge is 0.593 e. The molecule has 1 fully saturated rings. The molecular weight excluding hydrogens is 570 g/mol. The smallest absolute Gasteiger partial charge is 0.267 e. The first kappa shape index (κ1) is 28.2. The number of nitrogens with one attached hydrogen (secondary N) is 1. The van der Waals surface area contributed by atoms with E-state index >= 15 is 0 Å². The van der Waals surface area contributed by atoms with Crippen LogP contribution < -0.4 is 16.6 Å². The van der Waals surface area contributed by atoms with Crippen LogP contribution in [0, 0.1) is 0 Å². The first-order valence-corrected chi connectivity index (χ1v) is 15.3. The molecule has 0 spiro atoms. The van der Waals surface area contributed by atoms with Crippen molar-refractivity contribution in [2.24, 2.45) is 0 Å². The van der Waals surface area contributed by atoms with Crippen molar-refractivity contribution in [3.05, 3.63) is 100 Å². The third-order valence-corrected chi connectivity index (χ3v) is 9.14. The number of benzene rings is 3. The van der Waals surface area contributed by atoms with Gasteiger partial charge in [0.25, 0.3) is 5.56 Å². The molecule has 1 saturated heterocycles. The van der Waals surface area contributed by atoms with E-state index in [0.717, 1.165) is 36.4 Å². The number of hydrogen-bond donors (Lipinski definition) is 2. The second kappa shape index (κ2) is 12.1. The van der Waals surface area contributed by atoms with Crippen LogP contribution in [0.25, 0.3) is 27.7 Å². The maximum Gasteiger partial charge on any atom is 0.267 e. The summed E-state index contributed by atoms with van der Waals surface area (Å²) in [6, 6.07) is 21.7. The Kier molecular flexibility index (Phi) is 8.12. The Bertz CT molecular complexity index is 1790. The fourth-order valence-corrected chi connectivity index (χ4v) is 6.82. The van der Waals surface area contributed by atoms with Gasteiger partial charge in [-0.25, -0.2) is 9.97 Å². The molecule has 0 amide bonds. The normalized spacial score (nSPS) is 15.4. The van der Waals surface area contributed by atoms with Crippen LogP contribution in [0.1, 0.15) is 38.1 Å². The van der Waals surface area contributed by atoms with E-state index in [1.54, 1.807) is 29.0 Å². The number of para-hydroxylation sites is 1. The molecule has 5 aromatic rings. The van der Waals surface area contributed by atoms with Crippen molar-refractivity contribution < 1.29 is 4.55 Å². The highest BCUT2D eigenvalue weighted by atomic mass is 35.5. The van der Waals surface area contributed by atoms with Crippen molar-refractivity contribution in [1.29, 1.82) is 0 Å². The molecule has 9 nitrogen and oxygen atoms in total. The monoisotopic (exact) mass is 599 g/mol. The molecule has 0 saturated carbocycles. The second-order valence-corrected chi connectivity index (χ2v) is 12.1. The molecule has 1 aliphatic heterocycles.